The second-order valence-electron chi connectivity index (χ2n) is 6.97. The molecule has 1 aromatic heterocycles. The molecule has 1 saturated heterocycles. The van der Waals surface area contributed by atoms with Crippen molar-refractivity contribution in [3.05, 3.63) is 62.3 Å². The molecule has 2 heterocycles. The Bertz CT molecular complexity index is 1090. The number of hydrogen-bond acceptors (Lipinski definition) is 6. The number of imide groups is 1. The number of hydrogen-bond donors (Lipinski definition) is 2. The molecule has 0 spiro atoms. The molecule has 0 saturated carbocycles. The first-order chi connectivity index (χ1) is 14.7. The van der Waals surface area contributed by atoms with Gasteiger partial charge >= 0.3 is 0 Å². The molecule has 1 aromatic carbocycles. The summed E-state index contributed by atoms with van der Waals surface area (Å²) in [6, 6.07) is 5.63. The fourth-order valence-corrected chi connectivity index (χ4v) is 4.32. The SMILES string of the molecule is Cc1nc(=S)[nH]c(C)c1CCC(=O)NCCN1C(=O)S/C(=C\c2ccc(F)cc2)C1=O. The number of aryl methyl sites for hydroxylation is 2. The summed E-state index contributed by atoms with van der Waals surface area (Å²) < 4.78 is 13.4. The van der Waals surface area contributed by atoms with Gasteiger partial charge in [0.2, 0.25) is 5.91 Å². The number of H-pyrrole nitrogens is 1. The first-order valence-electron chi connectivity index (χ1n) is 9.58. The minimum absolute atomic E-state index is 0.0786. The Morgan fingerprint density at radius 1 is 1.29 bits per heavy atom. The van der Waals surface area contributed by atoms with Gasteiger partial charge in [-0.25, -0.2) is 9.37 Å². The van der Waals surface area contributed by atoms with E-state index >= 15 is 0 Å². The number of halogens is 1. The minimum Gasteiger partial charge on any atom is -0.354 e. The highest BCUT2D eigenvalue weighted by Crippen LogP contribution is 2.31. The van der Waals surface area contributed by atoms with E-state index in [1.165, 1.54) is 24.3 Å². The van der Waals surface area contributed by atoms with E-state index in [0.717, 1.165) is 33.6 Å². The summed E-state index contributed by atoms with van der Waals surface area (Å²) in [7, 11) is 0. The minimum atomic E-state index is -0.426. The lowest BCUT2D eigenvalue weighted by Gasteiger charge is -2.13. The van der Waals surface area contributed by atoms with E-state index in [1.807, 2.05) is 13.8 Å². The van der Waals surface area contributed by atoms with Crippen LogP contribution in [-0.4, -0.2) is 45.0 Å². The highest BCUT2D eigenvalue weighted by molar-refractivity contribution is 8.18. The summed E-state index contributed by atoms with van der Waals surface area (Å²) >= 11 is 5.86. The monoisotopic (exact) mass is 460 g/mol. The van der Waals surface area contributed by atoms with Crippen LogP contribution < -0.4 is 5.32 Å². The molecule has 31 heavy (non-hydrogen) atoms. The Labute approximate surface area is 188 Å². The van der Waals surface area contributed by atoms with Crippen LogP contribution in [0.3, 0.4) is 0 Å². The molecule has 0 atom stereocenters. The fraction of sp³-hybridized carbons (Fsp3) is 0.286. The quantitative estimate of drug-likeness (QED) is 0.484. The van der Waals surface area contributed by atoms with Crippen LogP contribution in [0.15, 0.2) is 29.2 Å². The van der Waals surface area contributed by atoms with Gasteiger partial charge in [0.25, 0.3) is 11.1 Å². The molecule has 0 unspecified atom stereocenters. The fourth-order valence-electron chi connectivity index (χ4n) is 3.16. The highest BCUT2D eigenvalue weighted by atomic mass is 32.2. The van der Waals surface area contributed by atoms with Crippen molar-refractivity contribution in [2.45, 2.75) is 26.7 Å². The summed E-state index contributed by atoms with van der Waals surface area (Å²) in [4.78, 5) is 45.4. The van der Waals surface area contributed by atoms with E-state index in [1.54, 1.807) is 6.08 Å². The van der Waals surface area contributed by atoms with Gasteiger partial charge in [-0.2, -0.15) is 0 Å². The zero-order valence-corrected chi connectivity index (χ0v) is 18.7. The van der Waals surface area contributed by atoms with Crippen LogP contribution in [0, 0.1) is 24.4 Å². The largest absolute Gasteiger partial charge is 0.354 e. The molecule has 7 nitrogen and oxygen atoms in total. The third-order valence-electron chi connectivity index (χ3n) is 4.75. The average molecular weight is 461 g/mol. The highest BCUT2D eigenvalue weighted by Gasteiger charge is 2.34. The summed E-state index contributed by atoms with van der Waals surface area (Å²) in [6.07, 6.45) is 2.30. The molecule has 10 heteroatoms. The third kappa shape index (κ3) is 5.86. The zero-order valence-electron chi connectivity index (χ0n) is 17.0. The second-order valence-corrected chi connectivity index (χ2v) is 8.35. The van der Waals surface area contributed by atoms with Crippen LogP contribution in [-0.2, 0) is 16.0 Å². The molecule has 2 aromatic rings. The summed E-state index contributed by atoms with van der Waals surface area (Å²) in [5, 5.41) is 2.34. The molecular formula is C21H21FN4O3S2. The zero-order chi connectivity index (χ0) is 22.5. The standard InChI is InChI=1S/C21H21FN4O3S2/c1-12-16(13(2)25-20(30)24-12)7-8-18(27)23-9-10-26-19(28)17(31-21(26)29)11-14-3-5-15(22)6-4-14/h3-6,11H,7-10H2,1-2H3,(H,23,27)(H,24,25,30)/b17-11-. The van der Waals surface area contributed by atoms with Gasteiger partial charge in [0.15, 0.2) is 4.77 Å². The number of nitrogens with one attached hydrogen (secondary N) is 2. The number of aromatic nitrogens is 2. The van der Waals surface area contributed by atoms with Crippen molar-refractivity contribution < 1.29 is 18.8 Å². The van der Waals surface area contributed by atoms with Crippen molar-refractivity contribution in [3.63, 3.8) is 0 Å². The number of thioether (sulfide) groups is 1. The van der Waals surface area contributed by atoms with Crippen LogP contribution in [0.5, 0.6) is 0 Å². The van der Waals surface area contributed by atoms with Gasteiger partial charge in [0, 0.05) is 30.9 Å². The first-order valence-corrected chi connectivity index (χ1v) is 10.8. The number of aromatic amines is 1. The van der Waals surface area contributed by atoms with Gasteiger partial charge in [-0.15, -0.1) is 0 Å². The maximum atomic E-state index is 13.0. The Hall–Kier alpha value is -2.85. The Morgan fingerprint density at radius 3 is 2.68 bits per heavy atom. The number of carbonyl (C=O) groups is 3. The lowest BCUT2D eigenvalue weighted by atomic mass is 10.1. The van der Waals surface area contributed by atoms with Crippen molar-refractivity contribution >= 4 is 47.1 Å². The van der Waals surface area contributed by atoms with Crippen LogP contribution in [0.1, 0.15) is 28.9 Å². The van der Waals surface area contributed by atoms with Crippen molar-refractivity contribution in [1.82, 2.24) is 20.2 Å². The molecule has 2 N–H and O–H groups in total. The summed E-state index contributed by atoms with van der Waals surface area (Å²) in [6.45, 7) is 3.98. The van der Waals surface area contributed by atoms with Crippen LogP contribution in [0.2, 0.25) is 0 Å². The van der Waals surface area contributed by atoms with E-state index in [9.17, 15) is 18.8 Å². The van der Waals surface area contributed by atoms with Gasteiger partial charge in [-0.3, -0.25) is 19.3 Å². The molecule has 3 amide bonds. The maximum Gasteiger partial charge on any atom is 0.293 e. The van der Waals surface area contributed by atoms with Gasteiger partial charge in [-0.05, 0) is 73.6 Å². The summed E-state index contributed by atoms with van der Waals surface area (Å²) in [5.41, 5.74) is 3.25. The molecule has 1 aliphatic rings. The maximum absolute atomic E-state index is 13.0. The molecule has 0 bridgehead atoms. The van der Waals surface area contributed by atoms with E-state index in [4.69, 9.17) is 12.2 Å². The topological polar surface area (TPSA) is 95.2 Å². The van der Waals surface area contributed by atoms with Crippen molar-refractivity contribution in [2.24, 2.45) is 0 Å². The number of rotatable bonds is 7. The Morgan fingerprint density at radius 2 is 2.00 bits per heavy atom. The molecule has 1 aliphatic heterocycles. The van der Waals surface area contributed by atoms with Crippen molar-refractivity contribution in [2.75, 3.05) is 13.1 Å². The van der Waals surface area contributed by atoms with Crippen LogP contribution in [0.25, 0.3) is 6.08 Å². The smallest absolute Gasteiger partial charge is 0.293 e. The van der Waals surface area contributed by atoms with Gasteiger partial charge in [-0.1, -0.05) is 12.1 Å². The lowest BCUT2D eigenvalue weighted by Crippen LogP contribution is -2.37. The normalized spacial score (nSPS) is 15.1. The summed E-state index contributed by atoms with van der Waals surface area (Å²) in [5.74, 6) is -0.987. The Kier molecular flexibility index (Phi) is 7.34. The average Bonchev–Trinajstić information content (AvgIpc) is 2.96. The molecule has 1 fully saturated rings. The number of amides is 3. The van der Waals surface area contributed by atoms with Gasteiger partial charge < -0.3 is 10.3 Å². The predicted molar refractivity (Wildman–Crippen MR) is 119 cm³/mol. The number of nitrogens with zero attached hydrogens (tertiary/aromatic N) is 2. The van der Waals surface area contributed by atoms with Gasteiger partial charge in [0.1, 0.15) is 5.82 Å². The third-order valence-corrected chi connectivity index (χ3v) is 5.85. The molecule has 0 radical (unpaired) electrons. The molecule has 3 rings (SSSR count). The first kappa shape index (κ1) is 22.8. The Balaban J connectivity index is 1.50. The number of benzene rings is 1. The lowest BCUT2D eigenvalue weighted by molar-refractivity contribution is -0.124. The van der Waals surface area contributed by atoms with E-state index in [-0.39, 0.29) is 36.1 Å². The molecule has 162 valence electrons. The van der Waals surface area contributed by atoms with E-state index in [0.29, 0.717) is 16.8 Å². The second kappa shape index (κ2) is 9.97. The van der Waals surface area contributed by atoms with Crippen molar-refractivity contribution in [3.8, 4) is 0 Å². The predicted octanol–water partition coefficient (Wildman–Crippen LogP) is 3.68. The number of carbonyl (C=O) groups excluding carboxylic acids is 3. The molecule has 0 aliphatic carbocycles. The molecular weight excluding hydrogens is 439 g/mol. The van der Waals surface area contributed by atoms with Crippen molar-refractivity contribution in [1.29, 1.82) is 0 Å². The van der Waals surface area contributed by atoms with E-state index < -0.39 is 11.1 Å². The van der Waals surface area contributed by atoms with Crippen LogP contribution >= 0.6 is 24.0 Å². The van der Waals surface area contributed by atoms with E-state index in [2.05, 4.69) is 15.3 Å². The van der Waals surface area contributed by atoms with Gasteiger partial charge in [0.05, 0.1) is 4.91 Å². The van der Waals surface area contributed by atoms with Crippen LogP contribution in [0.4, 0.5) is 9.18 Å².